The van der Waals surface area contributed by atoms with Crippen molar-refractivity contribution in [1.82, 2.24) is 4.53 Å². The van der Waals surface area contributed by atoms with Gasteiger partial charge in [-0.25, -0.2) is 0 Å². The van der Waals surface area contributed by atoms with Crippen LogP contribution in [0.3, 0.4) is 0 Å². The summed E-state index contributed by atoms with van der Waals surface area (Å²) in [6, 6.07) is 7.70. The lowest BCUT2D eigenvalue weighted by molar-refractivity contribution is -0.143. The van der Waals surface area contributed by atoms with Crippen LogP contribution in [0.15, 0.2) is 53.4 Å². The molecule has 134 valence electrons. The van der Waals surface area contributed by atoms with Crippen molar-refractivity contribution in [2.45, 2.75) is 17.2 Å². The van der Waals surface area contributed by atoms with Crippen molar-refractivity contribution in [3.8, 4) is 0 Å². The molecular formula is C15H8F7NOS. The van der Waals surface area contributed by atoms with Crippen LogP contribution >= 0.6 is 11.9 Å². The highest BCUT2D eigenvalue weighted by Gasteiger charge is 2.38. The summed E-state index contributed by atoms with van der Waals surface area (Å²) < 4.78 is 89.9. The molecular weight excluding hydrogens is 375 g/mol. The number of carbonyl (C=O) groups excluding carboxylic acids is 1. The highest BCUT2D eigenvalue weighted by Crippen LogP contribution is 2.37. The van der Waals surface area contributed by atoms with E-state index >= 15 is 0 Å². The average Bonchev–Trinajstić information content (AvgIpc) is 2.53. The van der Waals surface area contributed by atoms with Crippen LogP contribution in [-0.2, 0) is 12.4 Å². The van der Waals surface area contributed by atoms with E-state index < -0.39 is 39.5 Å². The predicted molar refractivity (Wildman–Crippen MR) is 76.0 cm³/mol. The molecule has 2 rings (SSSR count). The van der Waals surface area contributed by atoms with E-state index in [2.05, 4.69) is 0 Å². The topological polar surface area (TPSA) is 20.3 Å². The van der Waals surface area contributed by atoms with Crippen LogP contribution in [-0.4, -0.2) is 10.4 Å². The third kappa shape index (κ3) is 4.88. The number of carbonyl (C=O) groups is 1. The van der Waals surface area contributed by atoms with E-state index in [-0.39, 0.29) is 35.0 Å². The Labute approximate surface area is 141 Å². The van der Waals surface area contributed by atoms with Crippen molar-refractivity contribution in [2.75, 3.05) is 0 Å². The largest absolute Gasteiger partial charge is 0.416 e. The summed E-state index contributed by atoms with van der Waals surface area (Å²) in [6.07, 6.45) is -10.2. The lowest BCUT2D eigenvalue weighted by Crippen LogP contribution is -2.19. The van der Waals surface area contributed by atoms with Gasteiger partial charge in [0.1, 0.15) is 0 Å². The Kier molecular flexibility index (Phi) is 5.31. The fraction of sp³-hybridized carbons (Fsp3) is 0.133. The Morgan fingerprint density at radius 3 is 1.76 bits per heavy atom. The first kappa shape index (κ1) is 19.1. The Balaban J connectivity index is 2.38. The minimum Gasteiger partial charge on any atom is -0.265 e. The van der Waals surface area contributed by atoms with Crippen LogP contribution in [0.4, 0.5) is 30.8 Å². The molecule has 0 aliphatic heterocycles. The normalized spacial score (nSPS) is 12.1. The second-order valence-corrected chi connectivity index (χ2v) is 5.72. The zero-order chi connectivity index (χ0) is 18.8. The predicted octanol–water partition coefficient (Wildman–Crippen LogP) is 5.76. The molecule has 2 aromatic carbocycles. The minimum atomic E-state index is -5.12. The van der Waals surface area contributed by atoms with Gasteiger partial charge in [-0.15, -0.1) is 4.53 Å². The Morgan fingerprint density at radius 2 is 1.32 bits per heavy atom. The molecule has 0 aliphatic carbocycles. The summed E-state index contributed by atoms with van der Waals surface area (Å²) >= 11 is 0.228. The third-order valence-electron chi connectivity index (χ3n) is 2.92. The van der Waals surface area contributed by atoms with Crippen molar-refractivity contribution in [2.24, 2.45) is 0 Å². The first-order valence-electron chi connectivity index (χ1n) is 6.51. The number of nitrogens with zero attached hydrogens (tertiary/aromatic N) is 1. The smallest absolute Gasteiger partial charge is 0.265 e. The summed E-state index contributed by atoms with van der Waals surface area (Å²) in [5.41, 5.74) is -4.44. The maximum absolute atomic E-state index is 13.9. The standard InChI is InChI=1S/C15H8F7NOS/c16-14(17,18)10-6-9(7-11(8-10)15(19,20)21)13(24)23(22)25-12-4-2-1-3-5-12/h1-8H. The van der Waals surface area contributed by atoms with Gasteiger partial charge in [0, 0.05) is 22.4 Å². The van der Waals surface area contributed by atoms with E-state index in [9.17, 15) is 35.6 Å². The van der Waals surface area contributed by atoms with Crippen LogP contribution < -0.4 is 0 Å². The van der Waals surface area contributed by atoms with E-state index in [1.165, 1.54) is 24.3 Å². The SMILES string of the molecule is O=C(c1cc(C(F)(F)F)cc(C(F)(F)F)c1)N(F)Sc1ccccc1. The first-order chi connectivity index (χ1) is 11.5. The zero-order valence-corrected chi connectivity index (χ0v) is 12.8. The number of rotatable bonds is 3. The van der Waals surface area contributed by atoms with Gasteiger partial charge in [0.15, 0.2) is 0 Å². The van der Waals surface area contributed by atoms with Crippen molar-refractivity contribution in [3.05, 3.63) is 65.2 Å². The highest BCUT2D eigenvalue weighted by atomic mass is 32.2. The van der Waals surface area contributed by atoms with Gasteiger partial charge in [0.25, 0.3) is 5.91 Å². The molecule has 1 amide bonds. The van der Waals surface area contributed by atoms with Crippen molar-refractivity contribution in [1.29, 1.82) is 0 Å². The number of hydrogen-bond donors (Lipinski definition) is 0. The van der Waals surface area contributed by atoms with E-state index in [1.807, 2.05) is 0 Å². The molecule has 2 nitrogen and oxygen atoms in total. The van der Waals surface area contributed by atoms with Gasteiger partial charge in [-0.2, -0.15) is 26.3 Å². The summed E-state index contributed by atoms with van der Waals surface area (Å²) in [4.78, 5) is 12.1. The Morgan fingerprint density at radius 1 is 0.840 bits per heavy atom. The monoisotopic (exact) mass is 383 g/mol. The molecule has 0 heterocycles. The fourth-order valence-corrected chi connectivity index (χ4v) is 2.45. The molecule has 10 heteroatoms. The molecule has 0 aliphatic rings. The lowest BCUT2D eigenvalue weighted by Gasteiger charge is -2.15. The van der Waals surface area contributed by atoms with Crippen LogP contribution in [0.2, 0.25) is 0 Å². The maximum Gasteiger partial charge on any atom is 0.416 e. The van der Waals surface area contributed by atoms with Crippen LogP contribution in [0.25, 0.3) is 0 Å². The summed E-state index contributed by atoms with van der Waals surface area (Å²) in [7, 11) is 0. The Bertz CT molecular complexity index is 726. The molecule has 0 radical (unpaired) electrons. The van der Waals surface area contributed by atoms with E-state index in [4.69, 9.17) is 0 Å². The zero-order valence-electron chi connectivity index (χ0n) is 12.0. The first-order valence-corrected chi connectivity index (χ1v) is 7.28. The van der Waals surface area contributed by atoms with Gasteiger partial charge < -0.3 is 0 Å². The average molecular weight is 383 g/mol. The molecule has 0 N–H and O–H groups in total. The van der Waals surface area contributed by atoms with Gasteiger partial charge in [0.2, 0.25) is 0 Å². The lowest BCUT2D eigenvalue weighted by atomic mass is 10.0. The number of halogens is 7. The molecule has 0 saturated carbocycles. The number of benzene rings is 2. The molecule has 0 saturated heterocycles. The van der Waals surface area contributed by atoms with Crippen LogP contribution in [0.5, 0.6) is 0 Å². The summed E-state index contributed by atoms with van der Waals surface area (Å²) in [6.45, 7) is 0. The second kappa shape index (κ2) is 6.95. The molecule has 0 atom stereocenters. The van der Waals surface area contributed by atoms with Gasteiger partial charge in [-0.1, -0.05) is 22.7 Å². The van der Waals surface area contributed by atoms with E-state index in [0.717, 1.165) is 0 Å². The van der Waals surface area contributed by atoms with Crippen molar-refractivity contribution < 1.29 is 35.6 Å². The molecule has 0 unspecified atom stereocenters. The molecule has 0 aromatic heterocycles. The number of hydrogen-bond acceptors (Lipinski definition) is 2. The summed E-state index contributed by atoms with van der Waals surface area (Å²) in [5, 5.41) is 0. The quantitative estimate of drug-likeness (QED) is 0.382. The number of amides is 1. The van der Waals surface area contributed by atoms with Crippen LogP contribution in [0.1, 0.15) is 21.5 Å². The van der Waals surface area contributed by atoms with Crippen molar-refractivity contribution in [3.63, 3.8) is 0 Å². The molecule has 0 spiro atoms. The minimum absolute atomic E-state index is 0.135. The molecule has 0 fully saturated rings. The third-order valence-corrected chi connectivity index (χ3v) is 3.73. The van der Waals surface area contributed by atoms with Gasteiger partial charge in [-0.3, -0.25) is 4.79 Å². The van der Waals surface area contributed by atoms with E-state index in [1.54, 1.807) is 6.07 Å². The van der Waals surface area contributed by atoms with Gasteiger partial charge in [-0.05, 0) is 30.3 Å². The molecule has 25 heavy (non-hydrogen) atoms. The molecule has 2 aromatic rings. The van der Waals surface area contributed by atoms with E-state index in [0.29, 0.717) is 0 Å². The highest BCUT2D eigenvalue weighted by molar-refractivity contribution is 7.97. The second-order valence-electron chi connectivity index (χ2n) is 4.75. The van der Waals surface area contributed by atoms with Gasteiger partial charge in [0.05, 0.1) is 11.1 Å². The van der Waals surface area contributed by atoms with Crippen molar-refractivity contribution >= 4 is 17.9 Å². The van der Waals surface area contributed by atoms with Gasteiger partial charge >= 0.3 is 12.4 Å². The molecule has 0 bridgehead atoms. The van der Waals surface area contributed by atoms with Crippen LogP contribution in [0, 0.1) is 0 Å². The Hall–Kier alpha value is -2.23. The summed E-state index contributed by atoms with van der Waals surface area (Å²) in [5.74, 6) is -1.63. The number of alkyl halides is 6. The fourth-order valence-electron chi connectivity index (χ4n) is 1.80. The maximum atomic E-state index is 13.9.